The van der Waals surface area contributed by atoms with Crippen molar-refractivity contribution in [1.82, 2.24) is 0 Å². The second kappa shape index (κ2) is 4.53. The Hall–Kier alpha value is -1.55. The largest absolute Gasteiger partial charge is 0.478 e. The molecule has 1 aliphatic rings. The number of hydrogen-bond donors (Lipinski definition) is 2. The van der Waals surface area contributed by atoms with Crippen LogP contribution in [0.1, 0.15) is 23.2 Å². The van der Waals surface area contributed by atoms with E-state index in [1.54, 1.807) is 18.2 Å². The molecule has 2 rings (SSSR count). The van der Waals surface area contributed by atoms with E-state index in [9.17, 15) is 9.90 Å². The van der Waals surface area contributed by atoms with Crippen LogP contribution in [0.3, 0.4) is 0 Å². The molecule has 86 valence electrons. The van der Waals surface area contributed by atoms with Crippen molar-refractivity contribution in [3.8, 4) is 0 Å². The van der Waals surface area contributed by atoms with Gasteiger partial charge in [-0.2, -0.15) is 0 Å². The van der Waals surface area contributed by atoms with E-state index < -0.39 is 5.97 Å². The summed E-state index contributed by atoms with van der Waals surface area (Å²) in [5, 5.41) is 18.3. The first-order valence-corrected chi connectivity index (χ1v) is 5.43. The molecule has 0 amide bonds. The Bertz CT molecular complexity index is 384. The first-order chi connectivity index (χ1) is 7.66. The normalized spacial score (nSPS) is 17.4. The number of anilines is 1. The Labute approximate surface area is 94.1 Å². The van der Waals surface area contributed by atoms with Crippen LogP contribution in [-0.4, -0.2) is 35.4 Å². The molecule has 4 nitrogen and oxygen atoms in total. The van der Waals surface area contributed by atoms with Crippen LogP contribution in [0.15, 0.2) is 24.3 Å². The van der Waals surface area contributed by atoms with E-state index in [0.29, 0.717) is 5.56 Å². The highest BCUT2D eigenvalue weighted by Gasteiger charge is 2.17. The summed E-state index contributed by atoms with van der Waals surface area (Å²) in [7, 11) is 0. The predicted molar refractivity (Wildman–Crippen MR) is 60.9 cm³/mol. The molecule has 1 fully saturated rings. The standard InChI is InChI=1S/C12H15NO3/c14-11-4-6-13(7-5-11)10-3-1-2-9(8-10)12(15)16/h1-3,8,11,14H,4-7H2,(H,15,16). The third-order valence-electron chi connectivity index (χ3n) is 2.92. The molecule has 4 heteroatoms. The summed E-state index contributed by atoms with van der Waals surface area (Å²) in [6, 6.07) is 6.93. The number of carboxylic acids is 1. The Balaban J connectivity index is 2.14. The van der Waals surface area contributed by atoms with Gasteiger partial charge in [-0.3, -0.25) is 0 Å². The van der Waals surface area contributed by atoms with Crippen molar-refractivity contribution in [3.05, 3.63) is 29.8 Å². The molecule has 0 bridgehead atoms. The summed E-state index contributed by atoms with van der Waals surface area (Å²) in [6.07, 6.45) is 1.29. The lowest BCUT2D eigenvalue weighted by Crippen LogP contribution is -2.35. The van der Waals surface area contributed by atoms with Crippen molar-refractivity contribution < 1.29 is 15.0 Å². The van der Waals surface area contributed by atoms with E-state index >= 15 is 0 Å². The number of piperidine rings is 1. The fraction of sp³-hybridized carbons (Fsp3) is 0.417. The van der Waals surface area contributed by atoms with Crippen molar-refractivity contribution in [2.45, 2.75) is 18.9 Å². The lowest BCUT2D eigenvalue weighted by Gasteiger charge is -2.31. The van der Waals surface area contributed by atoms with Gasteiger partial charge in [-0.25, -0.2) is 4.79 Å². The van der Waals surface area contributed by atoms with E-state index in [4.69, 9.17) is 5.11 Å². The molecule has 1 aromatic carbocycles. The van der Waals surface area contributed by atoms with Crippen LogP contribution >= 0.6 is 0 Å². The number of nitrogens with zero attached hydrogens (tertiary/aromatic N) is 1. The Morgan fingerprint density at radius 3 is 2.62 bits per heavy atom. The average molecular weight is 221 g/mol. The van der Waals surface area contributed by atoms with E-state index in [-0.39, 0.29) is 6.10 Å². The Morgan fingerprint density at radius 1 is 1.31 bits per heavy atom. The van der Waals surface area contributed by atoms with Crippen molar-refractivity contribution in [3.63, 3.8) is 0 Å². The van der Waals surface area contributed by atoms with Gasteiger partial charge < -0.3 is 15.1 Å². The number of benzene rings is 1. The summed E-state index contributed by atoms with van der Waals surface area (Å²) in [5.41, 5.74) is 1.23. The monoisotopic (exact) mass is 221 g/mol. The van der Waals surface area contributed by atoms with E-state index in [1.165, 1.54) is 0 Å². The highest BCUT2D eigenvalue weighted by molar-refractivity contribution is 5.88. The molecule has 0 radical (unpaired) electrons. The van der Waals surface area contributed by atoms with Gasteiger partial charge in [0.15, 0.2) is 0 Å². The number of rotatable bonds is 2. The minimum atomic E-state index is -0.904. The summed E-state index contributed by atoms with van der Waals surface area (Å²) in [4.78, 5) is 12.9. The quantitative estimate of drug-likeness (QED) is 0.791. The van der Waals surface area contributed by atoms with E-state index in [1.807, 2.05) is 6.07 Å². The average Bonchev–Trinajstić information content (AvgIpc) is 2.30. The molecule has 1 aromatic rings. The SMILES string of the molecule is O=C(O)c1cccc(N2CCC(O)CC2)c1. The second-order valence-electron chi connectivity index (χ2n) is 4.07. The van der Waals surface area contributed by atoms with Gasteiger partial charge in [-0.05, 0) is 31.0 Å². The van der Waals surface area contributed by atoms with Gasteiger partial charge in [0, 0.05) is 18.8 Å². The molecule has 0 atom stereocenters. The van der Waals surface area contributed by atoms with Crippen LogP contribution in [-0.2, 0) is 0 Å². The van der Waals surface area contributed by atoms with Crippen LogP contribution < -0.4 is 4.90 Å². The number of aliphatic hydroxyl groups is 1. The predicted octanol–water partition coefficient (Wildman–Crippen LogP) is 1.35. The zero-order valence-corrected chi connectivity index (χ0v) is 8.97. The summed E-state index contributed by atoms with van der Waals surface area (Å²) in [6.45, 7) is 1.56. The summed E-state index contributed by atoms with van der Waals surface area (Å²) in [5.74, 6) is -0.904. The van der Waals surface area contributed by atoms with Crippen LogP contribution in [0.25, 0.3) is 0 Å². The maximum absolute atomic E-state index is 10.8. The number of aromatic carboxylic acids is 1. The van der Waals surface area contributed by atoms with Crippen LogP contribution in [0.4, 0.5) is 5.69 Å². The second-order valence-corrected chi connectivity index (χ2v) is 4.07. The van der Waals surface area contributed by atoms with E-state index in [0.717, 1.165) is 31.6 Å². The Morgan fingerprint density at radius 2 is 2.00 bits per heavy atom. The smallest absolute Gasteiger partial charge is 0.335 e. The molecule has 0 aliphatic carbocycles. The van der Waals surface area contributed by atoms with Crippen molar-refractivity contribution in [1.29, 1.82) is 0 Å². The zero-order valence-electron chi connectivity index (χ0n) is 8.97. The van der Waals surface area contributed by atoms with E-state index in [2.05, 4.69) is 4.90 Å². The third-order valence-corrected chi connectivity index (χ3v) is 2.92. The highest BCUT2D eigenvalue weighted by Crippen LogP contribution is 2.21. The topological polar surface area (TPSA) is 60.8 Å². The Kier molecular flexibility index (Phi) is 3.10. The van der Waals surface area contributed by atoms with Gasteiger partial charge in [0.05, 0.1) is 11.7 Å². The maximum atomic E-state index is 10.8. The fourth-order valence-corrected chi connectivity index (χ4v) is 1.96. The molecular weight excluding hydrogens is 206 g/mol. The van der Waals surface area contributed by atoms with Crippen molar-refractivity contribution >= 4 is 11.7 Å². The summed E-state index contributed by atoms with van der Waals surface area (Å²) >= 11 is 0. The first kappa shape index (κ1) is 11.0. The van der Waals surface area contributed by atoms with Crippen LogP contribution in [0.5, 0.6) is 0 Å². The zero-order chi connectivity index (χ0) is 11.5. The first-order valence-electron chi connectivity index (χ1n) is 5.43. The van der Waals surface area contributed by atoms with Crippen molar-refractivity contribution in [2.75, 3.05) is 18.0 Å². The lowest BCUT2D eigenvalue weighted by atomic mass is 10.1. The van der Waals surface area contributed by atoms with Gasteiger partial charge in [-0.1, -0.05) is 6.07 Å². The van der Waals surface area contributed by atoms with Crippen molar-refractivity contribution in [2.24, 2.45) is 0 Å². The minimum absolute atomic E-state index is 0.209. The van der Waals surface area contributed by atoms with Gasteiger partial charge in [0.2, 0.25) is 0 Å². The molecular formula is C12H15NO3. The van der Waals surface area contributed by atoms with Gasteiger partial charge in [0.1, 0.15) is 0 Å². The van der Waals surface area contributed by atoms with Crippen LogP contribution in [0, 0.1) is 0 Å². The minimum Gasteiger partial charge on any atom is -0.478 e. The third kappa shape index (κ3) is 2.33. The number of carbonyl (C=O) groups is 1. The van der Waals surface area contributed by atoms with Crippen LogP contribution in [0.2, 0.25) is 0 Å². The molecule has 0 spiro atoms. The maximum Gasteiger partial charge on any atom is 0.335 e. The summed E-state index contributed by atoms with van der Waals surface area (Å²) < 4.78 is 0. The number of aliphatic hydroxyl groups excluding tert-OH is 1. The number of carboxylic acid groups (broad SMARTS) is 1. The van der Waals surface area contributed by atoms with Gasteiger partial charge >= 0.3 is 5.97 Å². The van der Waals surface area contributed by atoms with Gasteiger partial charge in [-0.15, -0.1) is 0 Å². The molecule has 16 heavy (non-hydrogen) atoms. The fourth-order valence-electron chi connectivity index (χ4n) is 1.96. The molecule has 1 aliphatic heterocycles. The lowest BCUT2D eigenvalue weighted by molar-refractivity contribution is 0.0697. The molecule has 2 N–H and O–H groups in total. The van der Waals surface area contributed by atoms with Gasteiger partial charge in [0.25, 0.3) is 0 Å². The molecule has 0 saturated carbocycles. The molecule has 1 saturated heterocycles. The molecule has 1 heterocycles. The highest BCUT2D eigenvalue weighted by atomic mass is 16.4. The number of hydrogen-bond acceptors (Lipinski definition) is 3. The molecule has 0 aromatic heterocycles. The molecule has 0 unspecified atom stereocenters.